The number of hydrogen-bond donors (Lipinski definition) is 1. The third-order valence-corrected chi connectivity index (χ3v) is 2.93. The van der Waals surface area contributed by atoms with Gasteiger partial charge in [-0.15, -0.1) is 0 Å². The van der Waals surface area contributed by atoms with Crippen LogP contribution in [0.25, 0.3) is 0 Å². The molecule has 0 bridgehead atoms. The highest BCUT2D eigenvalue weighted by molar-refractivity contribution is 6.04. The van der Waals surface area contributed by atoms with Gasteiger partial charge in [-0.2, -0.15) is 0 Å². The molecule has 0 fully saturated rings. The molecule has 96 valence electrons. The van der Waals surface area contributed by atoms with E-state index >= 15 is 0 Å². The van der Waals surface area contributed by atoms with Gasteiger partial charge in [0.25, 0.3) is 5.69 Å². The maximum Gasteiger partial charge on any atom is 0.269 e. The molecule has 6 nitrogen and oxygen atoms in total. The van der Waals surface area contributed by atoms with E-state index in [2.05, 4.69) is 0 Å². The Balaban J connectivity index is 2.44. The molecule has 6 heteroatoms. The second-order valence-corrected chi connectivity index (χ2v) is 4.82. The molecule has 1 aliphatic rings. The lowest BCUT2D eigenvalue weighted by Crippen LogP contribution is -2.34. The summed E-state index contributed by atoms with van der Waals surface area (Å²) in [7, 11) is 0. The number of fused-ring (bicyclic) bond motifs is 1. The summed E-state index contributed by atoms with van der Waals surface area (Å²) < 4.78 is 0. The molecule has 1 amide bonds. The first-order valence-corrected chi connectivity index (χ1v) is 5.77. The Labute approximate surface area is 105 Å². The highest BCUT2D eigenvalue weighted by atomic mass is 16.6. The van der Waals surface area contributed by atoms with Gasteiger partial charge in [-0.3, -0.25) is 14.9 Å². The fourth-order valence-electron chi connectivity index (χ4n) is 2.12. The second-order valence-electron chi connectivity index (χ2n) is 4.82. The third kappa shape index (κ3) is 1.95. The molecule has 0 saturated carbocycles. The fourth-order valence-corrected chi connectivity index (χ4v) is 2.12. The lowest BCUT2D eigenvalue weighted by Gasteiger charge is -2.19. The SMILES string of the molecule is CC(C)CN1C(=O)[C@@H](N)c2cc([N+](=O)[O-])ccc21. The Morgan fingerprint density at radius 2 is 2.17 bits per heavy atom. The van der Waals surface area contributed by atoms with Gasteiger partial charge in [0.15, 0.2) is 0 Å². The van der Waals surface area contributed by atoms with Crippen LogP contribution in [-0.2, 0) is 4.79 Å². The van der Waals surface area contributed by atoms with Gasteiger partial charge in [-0.1, -0.05) is 13.8 Å². The van der Waals surface area contributed by atoms with E-state index in [1.807, 2.05) is 13.8 Å². The zero-order valence-electron chi connectivity index (χ0n) is 10.3. The van der Waals surface area contributed by atoms with Gasteiger partial charge in [0.05, 0.1) is 4.92 Å². The summed E-state index contributed by atoms with van der Waals surface area (Å²) in [6.45, 7) is 4.57. The van der Waals surface area contributed by atoms with E-state index in [4.69, 9.17) is 5.73 Å². The number of rotatable bonds is 3. The number of nitro benzene ring substituents is 1. The number of carbonyl (C=O) groups is 1. The van der Waals surface area contributed by atoms with E-state index < -0.39 is 11.0 Å². The largest absolute Gasteiger partial charge is 0.316 e. The molecule has 0 radical (unpaired) electrons. The van der Waals surface area contributed by atoms with E-state index in [1.54, 1.807) is 11.0 Å². The first-order chi connectivity index (χ1) is 8.41. The van der Waals surface area contributed by atoms with Crippen LogP contribution in [0.4, 0.5) is 11.4 Å². The minimum absolute atomic E-state index is 0.0385. The Bertz CT molecular complexity index is 513. The normalized spacial score (nSPS) is 18.3. The molecule has 2 rings (SSSR count). The predicted octanol–water partition coefficient (Wildman–Crippen LogP) is 1.60. The number of nitro groups is 1. The van der Waals surface area contributed by atoms with Crippen LogP contribution in [-0.4, -0.2) is 17.4 Å². The standard InChI is InChI=1S/C12H15N3O3/c1-7(2)6-14-10-4-3-8(15(17)18)5-9(10)11(13)12(14)16/h3-5,7,11H,6,13H2,1-2H3/t11-/m0/s1. The Morgan fingerprint density at radius 3 is 2.72 bits per heavy atom. The fraction of sp³-hybridized carbons (Fsp3) is 0.417. The number of nitrogens with zero attached hydrogens (tertiary/aromatic N) is 2. The molecule has 1 atom stereocenters. The first-order valence-electron chi connectivity index (χ1n) is 5.77. The molecular formula is C12H15N3O3. The van der Waals surface area contributed by atoms with Gasteiger partial charge >= 0.3 is 0 Å². The van der Waals surface area contributed by atoms with Crippen LogP contribution >= 0.6 is 0 Å². The number of hydrogen-bond acceptors (Lipinski definition) is 4. The van der Waals surface area contributed by atoms with Gasteiger partial charge in [0, 0.05) is 29.9 Å². The maximum atomic E-state index is 12.0. The highest BCUT2D eigenvalue weighted by Crippen LogP contribution is 2.37. The number of non-ortho nitro benzene ring substituents is 1. The predicted molar refractivity (Wildman–Crippen MR) is 67.2 cm³/mol. The van der Waals surface area contributed by atoms with Gasteiger partial charge < -0.3 is 10.6 Å². The quantitative estimate of drug-likeness (QED) is 0.650. The average molecular weight is 249 g/mol. The van der Waals surface area contributed by atoms with E-state index in [0.29, 0.717) is 23.7 Å². The van der Waals surface area contributed by atoms with Crippen LogP contribution in [0.1, 0.15) is 25.5 Å². The molecule has 2 N–H and O–H groups in total. The molecular weight excluding hydrogens is 234 g/mol. The number of carbonyl (C=O) groups excluding carboxylic acids is 1. The van der Waals surface area contributed by atoms with Gasteiger partial charge in [-0.25, -0.2) is 0 Å². The van der Waals surface area contributed by atoms with E-state index in [1.165, 1.54) is 12.1 Å². The number of anilines is 1. The van der Waals surface area contributed by atoms with Crippen molar-refractivity contribution in [1.82, 2.24) is 0 Å². The second kappa shape index (κ2) is 4.38. The summed E-state index contributed by atoms with van der Waals surface area (Å²) in [5.41, 5.74) is 7.00. The minimum Gasteiger partial charge on any atom is -0.316 e. The monoisotopic (exact) mass is 249 g/mol. The summed E-state index contributed by atoms with van der Waals surface area (Å²) in [4.78, 5) is 23.8. The topological polar surface area (TPSA) is 89.5 Å². The summed E-state index contributed by atoms with van der Waals surface area (Å²) >= 11 is 0. The number of benzene rings is 1. The third-order valence-electron chi connectivity index (χ3n) is 2.93. The van der Waals surface area contributed by atoms with Crippen molar-refractivity contribution in [1.29, 1.82) is 0 Å². The molecule has 0 aliphatic carbocycles. The van der Waals surface area contributed by atoms with Crippen LogP contribution in [0, 0.1) is 16.0 Å². The summed E-state index contributed by atoms with van der Waals surface area (Å²) in [5, 5.41) is 10.7. The van der Waals surface area contributed by atoms with E-state index in [0.717, 1.165) is 0 Å². The maximum absolute atomic E-state index is 12.0. The first kappa shape index (κ1) is 12.5. The van der Waals surface area contributed by atoms with Crippen molar-refractivity contribution < 1.29 is 9.72 Å². The van der Waals surface area contributed by atoms with Crippen molar-refractivity contribution in [3.05, 3.63) is 33.9 Å². The van der Waals surface area contributed by atoms with Gasteiger partial charge in [0.1, 0.15) is 6.04 Å². The molecule has 0 saturated heterocycles. The van der Waals surface area contributed by atoms with Crippen LogP contribution in [0.3, 0.4) is 0 Å². The van der Waals surface area contributed by atoms with Crippen molar-refractivity contribution in [2.45, 2.75) is 19.9 Å². The molecule has 0 aromatic heterocycles. The lowest BCUT2D eigenvalue weighted by molar-refractivity contribution is -0.384. The van der Waals surface area contributed by atoms with Gasteiger partial charge in [-0.05, 0) is 12.0 Å². The van der Waals surface area contributed by atoms with Crippen molar-refractivity contribution in [3.63, 3.8) is 0 Å². The average Bonchev–Trinajstić information content (AvgIpc) is 2.54. The molecule has 1 aromatic rings. The summed E-state index contributed by atoms with van der Waals surface area (Å²) in [6.07, 6.45) is 0. The molecule has 18 heavy (non-hydrogen) atoms. The highest BCUT2D eigenvalue weighted by Gasteiger charge is 2.36. The van der Waals surface area contributed by atoms with Crippen LogP contribution in [0.15, 0.2) is 18.2 Å². The summed E-state index contributed by atoms with van der Waals surface area (Å²) in [6, 6.07) is 3.59. The summed E-state index contributed by atoms with van der Waals surface area (Å²) in [5.74, 6) is 0.112. The zero-order chi connectivity index (χ0) is 13.4. The van der Waals surface area contributed by atoms with Crippen LogP contribution in [0.5, 0.6) is 0 Å². The van der Waals surface area contributed by atoms with Crippen LogP contribution < -0.4 is 10.6 Å². The van der Waals surface area contributed by atoms with Crippen molar-refractivity contribution in [3.8, 4) is 0 Å². The number of nitrogens with two attached hydrogens (primary N) is 1. The molecule has 1 aromatic carbocycles. The van der Waals surface area contributed by atoms with Crippen molar-refractivity contribution >= 4 is 17.3 Å². The van der Waals surface area contributed by atoms with E-state index in [-0.39, 0.29) is 11.6 Å². The molecule has 0 spiro atoms. The zero-order valence-corrected chi connectivity index (χ0v) is 10.3. The Kier molecular flexibility index (Phi) is 3.04. The van der Waals surface area contributed by atoms with Crippen LogP contribution in [0.2, 0.25) is 0 Å². The minimum atomic E-state index is -0.793. The molecule has 1 aliphatic heterocycles. The van der Waals surface area contributed by atoms with Crippen molar-refractivity contribution in [2.24, 2.45) is 11.7 Å². The Hall–Kier alpha value is -1.95. The van der Waals surface area contributed by atoms with E-state index in [9.17, 15) is 14.9 Å². The molecule has 1 heterocycles. The number of amides is 1. The van der Waals surface area contributed by atoms with Gasteiger partial charge in [0.2, 0.25) is 5.91 Å². The smallest absolute Gasteiger partial charge is 0.269 e. The van der Waals surface area contributed by atoms with Crippen molar-refractivity contribution in [2.75, 3.05) is 11.4 Å². The lowest BCUT2D eigenvalue weighted by atomic mass is 10.1. The Morgan fingerprint density at radius 1 is 1.50 bits per heavy atom. The molecule has 0 unspecified atom stereocenters.